The molecule has 0 aliphatic rings. The summed E-state index contributed by atoms with van der Waals surface area (Å²) in [6.07, 6.45) is 0. The third-order valence-corrected chi connectivity index (χ3v) is 6.40. The standard InChI is InChI=1S/C24H15BrN2O3S/c25-17-10-11-19-21(13-17)31-24(26-19)27(14-15-6-2-1-3-7-15)22(28)18-12-16-8-4-5-9-20(16)30-23(18)29/h1-13H,14H2. The quantitative estimate of drug-likeness (QED) is 0.289. The van der Waals surface area contributed by atoms with Gasteiger partial charge in [-0.25, -0.2) is 9.78 Å². The number of halogens is 1. The van der Waals surface area contributed by atoms with Gasteiger partial charge in [0.1, 0.15) is 11.1 Å². The van der Waals surface area contributed by atoms with E-state index in [9.17, 15) is 9.59 Å². The molecule has 152 valence electrons. The van der Waals surface area contributed by atoms with Crippen molar-refractivity contribution in [2.75, 3.05) is 4.90 Å². The van der Waals surface area contributed by atoms with Crippen LogP contribution in [0.15, 0.2) is 92.5 Å². The van der Waals surface area contributed by atoms with Crippen LogP contribution in [0.5, 0.6) is 0 Å². The smallest absolute Gasteiger partial charge is 0.349 e. The van der Waals surface area contributed by atoms with Gasteiger partial charge in [0.2, 0.25) is 0 Å². The molecule has 5 nitrogen and oxygen atoms in total. The first kappa shape index (κ1) is 19.7. The molecule has 2 heterocycles. The zero-order chi connectivity index (χ0) is 21.4. The number of rotatable bonds is 4. The van der Waals surface area contributed by atoms with E-state index >= 15 is 0 Å². The molecule has 0 spiro atoms. The summed E-state index contributed by atoms with van der Waals surface area (Å²) < 4.78 is 7.28. The monoisotopic (exact) mass is 490 g/mol. The molecule has 0 saturated heterocycles. The van der Waals surface area contributed by atoms with Gasteiger partial charge >= 0.3 is 5.63 Å². The fraction of sp³-hybridized carbons (Fsp3) is 0.0417. The highest BCUT2D eigenvalue weighted by molar-refractivity contribution is 9.10. The van der Waals surface area contributed by atoms with Crippen LogP contribution in [0.25, 0.3) is 21.2 Å². The lowest BCUT2D eigenvalue weighted by Crippen LogP contribution is -2.33. The van der Waals surface area contributed by atoms with E-state index < -0.39 is 11.5 Å². The molecular formula is C24H15BrN2O3S. The maximum Gasteiger partial charge on any atom is 0.349 e. The fourth-order valence-corrected chi connectivity index (χ4v) is 4.87. The van der Waals surface area contributed by atoms with E-state index in [-0.39, 0.29) is 12.1 Å². The number of carbonyl (C=O) groups excluding carboxylic acids is 1. The number of hydrogen-bond donors (Lipinski definition) is 0. The van der Waals surface area contributed by atoms with Crippen molar-refractivity contribution in [1.82, 2.24) is 4.98 Å². The number of para-hydroxylation sites is 1. The van der Waals surface area contributed by atoms with E-state index in [0.29, 0.717) is 16.1 Å². The minimum absolute atomic E-state index is 0.0185. The van der Waals surface area contributed by atoms with Gasteiger partial charge in [-0.2, -0.15) is 0 Å². The molecule has 31 heavy (non-hydrogen) atoms. The molecule has 0 radical (unpaired) electrons. The number of anilines is 1. The third-order valence-electron chi connectivity index (χ3n) is 4.87. The number of fused-ring (bicyclic) bond motifs is 2. The maximum atomic E-state index is 13.6. The molecule has 0 bridgehead atoms. The molecule has 2 aromatic heterocycles. The van der Waals surface area contributed by atoms with Crippen molar-refractivity contribution in [2.45, 2.75) is 6.54 Å². The van der Waals surface area contributed by atoms with Gasteiger partial charge in [0.15, 0.2) is 5.13 Å². The molecule has 0 atom stereocenters. The number of nitrogens with zero attached hydrogens (tertiary/aromatic N) is 2. The SMILES string of the molecule is O=C(c1cc2ccccc2oc1=O)N(Cc1ccccc1)c1nc2ccc(Br)cc2s1. The molecule has 0 saturated carbocycles. The van der Waals surface area contributed by atoms with Crippen molar-refractivity contribution >= 4 is 59.5 Å². The molecule has 1 amide bonds. The van der Waals surface area contributed by atoms with E-state index in [0.717, 1.165) is 20.3 Å². The summed E-state index contributed by atoms with van der Waals surface area (Å²) in [6, 6.07) is 24.1. The highest BCUT2D eigenvalue weighted by Gasteiger charge is 2.25. The summed E-state index contributed by atoms with van der Waals surface area (Å²) in [5.41, 5.74) is 1.49. The largest absolute Gasteiger partial charge is 0.422 e. The predicted octanol–water partition coefficient (Wildman–Crippen LogP) is 6.01. The lowest BCUT2D eigenvalue weighted by atomic mass is 10.1. The molecule has 3 aromatic carbocycles. The number of thiazole rings is 1. The molecule has 0 fully saturated rings. The Kier molecular flexibility index (Phi) is 5.13. The predicted molar refractivity (Wildman–Crippen MR) is 127 cm³/mol. The van der Waals surface area contributed by atoms with E-state index in [1.54, 1.807) is 18.2 Å². The lowest BCUT2D eigenvalue weighted by molar-refractivity contribution is 0.0981. The highest BCUT2D eigenvalue weighted by Crippen LogP contribution is 2.32. The number of hydrogen-bond acceptors (Lipinski definition) is 5. The van der Waals surface area contributed by atoms with Crippen LogP contribution in [0.3, 0.4) is 0 Å². The second-order valence-corrected chi connectivity index (χ2v) is 8.90. The summed E-state index contributed by atoms with van der Waals surface area (Å²) in [6.45, 7) is 0.285. The van der Waals surface area contributed by atoms with Crippen LogP contribution in [0.1, 0.15) is 15.9 Å². The first-order valence-corrected chi connectivity index (χ1v) is 11.1. The van der Waals surface area contributed by atoms with Crippen molar-refractivity contribution < 1.29 is 9.21 Å². The molecule has 5 aromatic rings. The number of carbonyl (C=O) groups is 1. The van der Waals surface area contributed by atoms with E-state index in [4.69, 9.17) is 4.42 Å². The first-order chi connectivity index (χ1) is 15.1. The Balaban J connectivity index is 1.63. The van der Waals surface area contributed by atoms with Crippen LogP contribution in [0.2, 0.25) is 0 Å². The van der Waals surface area contributed by atoms with Gasteiger partial charge in [-0.05, 0) is 35.9 Å². The minimum Gasteiger partial charge on any atom is -0.422 e. The average Bonchev–Trinajstić information content (AvgIpc) is 3.20. The van der Waals surface area contributed by atoms with Crippen molar-refractivity contribution in [2.24, 2.45) is 0 Å². The van der Waals surface area contributed by atoms with E-state index in [1.165, 1.54) is 16.2 Å². The molecule has 5 rings (SSSR count). The van der Waals surface area contributed by atoms with Crippen LogP contribution < -0.4 is 10.5 Å². The van der Waals surface area contributed by atoms with Gasteiger partial charge in [-0.3, -0.25) is 9.69 Å². The van der Waals surface area contributed by atoms with Gasteiger partial charge in [-0.15, -0.1) is 0 Å². The van der Waals surface area contributed by atoms with Gasteiger partial charge in [0, 0.05) is 9.86 Å². The Hall–Kier alpha value is -3.29. The molecule has 0 unspecified atom stereocenters. The Morgan fingerprint density at radius 2 is 1.77 bits per heavy atom. The van der Waals surface area contributed by atoms with E-state index in [2.05, 4.69) is 20.9 Å². The van der Waals surface area contributed by atoms with Crippen molar-refractivity contribution in [3.8, 4) is 0 Å². The Morgan fingerprint density at radius 1 is 1.00 bits per heavy atom. The van der Waals surface area contributed by atoms with Gasteiger partial charge in [0.05, 0.1) is 16.8 Å². The van der Waals surface area contributed by atoms with Gasteiger partial charge in [0.25, 0.3) is 5.91 Å². The van der Waals surface area contributed by atoms with Gasteiger partial charge < -0.3 is 4.42 Å². The van der Waals surface area contributed by atoms with Crippen molar-refractivity contribution in [3.05, 3.63) is 105 Å². The summed E-state index contributed by atoms with van der Waals surface area (Å²) in [5.74, 6) is -0.443. The van der Waals surface area contributed by atoms with Crippen LogP contribution in [0, 0.1) is 0 Å². The zero-order valence-corrected chi connectivity index (χ0v) is 18.5. The second-order valence-electron chi connectivity index (χ2n) is 6.97. The normalized spacial score (nSPS) is 11.1. The topological polar surface area (TPSA) is 63.4 Å². The minimum atomic E-state index is -0.661. The molecule has 7 heteroatoms. The fourth-order valence-electron chi connectivity index (χ4n) is 3.35. The first-order valence-electron chi connectivity index (χ1n) is 9.53. The van der Waals surface area contributed by atoms with Crippen LogP contribution in [-0.4, -0.2) is 10.9 Å². The number of benzene rings is 3. The Labute approximate surface area is 189 Å². The second kappa shape index (κ2) is 8.09. The number of aromatic nitrogens is 1. The van der Waals surface area contributed by atoms with Gasteiger partial charge in [-0.1, -0.05) is 75.8 Å². The summed E-state index contributed by atoms with van der Waals surface area (Å²) >= 11 is 4.88. The van der Waals surface area contributed by atoms with Crippen LogP contribution in [-0.2, 0) is 6.54 Å². The van der Waals surface area contributed by atoms with Crippen LogP contribution in [0.4, 0.5) is 5.13 Å². The summed E-state index contributed by atoms with van der Waals surface area (Å²) in [4.78, 5) is 32.4. The molecule has 0 N–H and O–H groups in total. The zero-order valence-electron chi connectivity index (χ0n) is 16.1. The highest BCUT2D eigenvalue weighted by atomic mass is 79.9. The Morgan fingerprint density at radius 3 is 2.61 bits per heavy atom. The average molecular weight is 491 g/mol. The molecule has 0 aliphatic heterocycles. The molecular weight excluding hydrogens is 476 g/mol. The summed E-state index contributed by atoms with van der Waals surface area (Å²) in [7, 11) is 0. The van der Waals surface area contributed by atoms with E-state index in [1.807, 2.05) is 60.7 Å². The van der Waals surface area contributed by atoms with Crippen LogP contribution >= 0.6 is 27.3 Å². The van der Waals surface area contributed by atoms with Crippen molar-refractivity contribution in [1.29, 1.82) is 0 Å². The Bertz CT molecular complexity index is 1480. The molecule has 0 aliphatic carbocycles. The maximum absolute atomic E-state index is 13.6. The summed E-state index contributed by atoms with van der Waals surface area (Å²) in [5, 5.41) is 1.22. The lowest BCUT2D eigenvalue weighted by Gasteiger charge is -2.19. The third kappa shape index (κ3) is 3.89. The van der Waals surface area contributed by atoms with Crippen molar-refractivity contribution in [3.63, 3.8) is 0 Å². The number of amides is 1.